The molecule has 4 rings (SSSR count). The predicted octanol–water partition coefficient (Wildman–Crippen LogP) is 2.04. The summed E-state index contributed by atoms with van der Waals surface area (Å²) in [4.78, 5) is 16.6. The summed E-state index contributed by atoms with van der Waals surface area (Å²) >= 11 is 0. The molecule has 144 valence electrons. The molecule has 0 bridgehead atoms. The van der Waals surface area contributed by atoms with E-state index in [1.165, 1.54) is 23.4 Å². The molecule has 2 aliphatic heterocycles. The van der Waals surface area contributed by atoms with Crippen LogP contribution in [0.4, 0.5) is 21.8 Å². The smallest absolute Gasteiger partial charge is 0.227 e. The average Bonchev–Trinajstić information content (AvgIpc) is 2.73. The molecule has 0 unspecified atom stereocenters. The molecule has 2 aliphatic rings. The van der Waals surface area contributed by atoms with E-state index in [0.717, 1.165) is 69.7 Å². The van der Waals surface area contributed by atoms with Gasteiger partial charge in [-0.1, -0.05) is 0 Å². The van der Waals surface area contributed by atoms with Gasteiger partial charge in [-0.15, -0.1) is 0 Å². The summed E-state index contributed by atoms with van der Waals surface area (Å²) in [5, 5.41) is 3.43. The van der Waals surface area contributed by atoms with Crippen LogP contribution >= 0.6 is 0 Å². The summed E-state index contributed by atoms with van der Waals surface area (Å²) in [5.41, 5.74) is 3.48. The van der Waals surface area contributed by atoms with Gasteiger partial charge in [-0.2, -0.15) is 4.98 Å². The molecule has 0 aliphatic carbocycles. The zero-order chi connectivity index (χ0) is 18.8. The van der Waals surface area contributed by atoms with Crippen LogP contribution in [0.2, 0.25) is 0 Å². The zero-order valence-corrected chi connectivity index (χ0v) is 16.1. The third-order valence-electron chi connectivity index (χ3n) is 5.49. The number of halogens is 1. The fourth-order valence-electron chi connectivity index (χ4n) is 3.74. The lowest BCUT2D eigenvalue weighted by atomic mass is 10.1. The maximum atomic E-state index is 13.2. The second-order valence-corrected chi connectivity index (χ2v) is 7.16. The van der Waals surface area contributed by atoms with Crippen LogP contribution in [0, 0.1) is 5.82 Å². The van der Waals surface area contributed by atoms with E-state index in [0.29, 0.717) is 0 Å². The van der Waals surface area contributed by atoms with E-state index >= 15 is 0 Å². The van der Waals surface area contributed by atoms with E-state index in [1.54, 1.807) is 0 Å². The van der Waals surface area contributed by atoms with Crippen molar-refractivity contribution in [2.24, 2.45) is 0 Å². The van der Waals surface area contributed by atoms with Gasteiger partial charge < -0.3 is 20.0 Å². The van der Waals surface area contributed by atoms with E-state index in [1.807, 2.05) is 12.1 Å². The highest BCUT2D eigenvalue weighted by Crippen LogP contribution is 2.27. The van der Waals surface area contributed by atoms with Crippen LogP contribution in [0.1, 0.15) is 18.2 Å². The molecule has 0 saturated carbocycles. The summed E-state index contributed by atoms with van der Waals surface area (Å²) in [6, 6.07) is 6.74. The third-order valence-corrected chi connectivity index (χ3v) is 5.49. The topological polar surface area (TPSA) is 47.5 Å². The van der Waals surface area contributed by atoms with Crippen LogP contribution in [0.25, 0.3) is 0 Å². The first-order valence-electron chi connectivity index (χ1n) is 9.73. The second-order valence-electron chi connectivity index (χ2n) is 7.16. The molecular weight excluding hydrogens is 343 g/mol. The van der Waals surface area contributed by atoms with Crippen LogP contribution in [0.5, 0.6) is 0 Å². The number of fused-ring (bicyclic) bond motifs is 1. The fourth-order valence-corrected chi connectivity index (χ4v) is 3.74. The van der Waals surface area contributed by atoms with Crippen molar-refractivity contribution in [3.63, 3.8) is 0 Å². The van der Waals surface area contributed by atoms with Crippen molar-refractivity contribution in [3.8, 4) is 0 Å². The SMILES string of the molecule is CCN(C)c1nc(N2CCN(c3ccc(F)cc3)CC2)nc2c1CNCC2. The summed E-state index contributed by atoms with van der Waals surface area (Å²) in [5.74, 6) is 1.69. The van der Waals surface area contributed by atoms with Crippen molar-refractivity contribution in [3.05, 3.63) is 41.3 Å². The molecule has 0 atom stereocenters. The fraction of sp³-hybridized carbons (Fsp3) is 0.500. The maximum Gasteiger partial charge on any atom is 0.227 e. The lowest BCUT2D eigenvalue weighted by Gasteiger charge is -2.37. The molecule has 0 amide bonds. The number of hydrogen-bond donors (Lipinski definition) is 1. The summed E-state index contributed by atoms with van der Waals surface area (Å²) in [7, 11) is 2.09. The highest BCUT2D eigenvalue weighted by molar-refractivity contribution is 5.55. The lowest BCUT2D eigenvalue weighted by Crippen LogP contribution is -2.47. The van der Waals surface area contributed by atoms with E-state index in [9.17, 15) is 4.39 Å². The van der Waals surface area contributed by atoms with E-state index in [-0.39, 0.29) is 5.82 Å². The number of piperazine rings is 1. The lowest BCUT2D eigenvalue weighted by molar-refractivity contribution is 0.607. The minimum absolute atomic E-state index is 0.193. The Hall–Kier alpha value is -2.41. The molecule has 0 spiro atoms. The van der Waals surface area contributed by atoms with Gasteiger partial charge in [0, 0.05) is 70.5 Å². The standard InChI is InChI=1S/C20H27FN6/c1-3-25(2)19-17-14-22-9-8-18(17)23-20(24-19)27-12-10-26(11-13-27)16-6-4-15(21)5-7-16/h4-7,22H,3,8-14H2,1-2H3. The maximum absolute atomic E-state index is 13.2. The van der Waals surface area contributed by atoms with E-state index < -0.39 is 0 Å². The summed E-state index contributed by atoms with van der Waals surface area (Å²) in [6.07, 6.45) is 0.949. The van der Waals surface area contributed by atoms with Crippen molar-refractivity contribution in [2.75, 3.05) is 61.0 Å². The number of nitrogens with zero attached hydrogens (tertiary/aromatic N) is 5. The Kier molecular flexibility index (Phi) is 5.11. The Labute approximate surface area is 160 Å². The highest BCUT2D eigenvalue weighted by Gasteiger charge is 2.24. The molecule has 27 heavy (non-hydrogen) atoms. The highest BCUT2D eigenvalue weighted by atomic mass is 19.1. The number of benzene rings is 1. The van der Waals surface area contributed by atoms with Gasteiger partial charge in [-0.05, 0) is 31.2 Å². The first kappa shape index (κ1) is 18.0. The summed E-state index contributed by atoms with van der Waals surface area (Å²) in [6.45, 7) is 8.37. The first-order valence-corrected chi connectivity index (χ1v) is 9.73. The van der Waals surface area contributed by atoms with Gasteiger partial charge >= 0.3 is 0 Å². The molecular formula is C20H27FN6. The Morgan fingerprint density at radius 2 is 1.78 bits per heavy atom. The Balaban J connectivity index is 1.53. The molecule has 6 nitrogen and oxygen atoms in total. The molecule has 0 radical (unpaired) electrons. The molecule has 1 saturated heterocycles. The van der Waals surface area contributed by atoms with Gasteiger partial charge in [0.25, 0.3) is 0 Å². The van der Waals surface area contributed by atoms with E-state index in [4.69, 9.17) is 9.97 Å². The number of rotatable bonds is 4. The number of nitrogens with one attached hydrogen (secondary N) is 1. The van der Waals surface area contributed by atoms with Gasteiger partial charge in [0.15, 0.2) is 0 Å². The monoisotopic (exact) mass is 370 g/mol. The van der Waals surface area contributed by atoms with Gasteiger partial charge in [0.05, 0.1) is 5.69 Å². The van der Waals surface area contributed by atoms with Gasteiger partial charge in [0.1, 0.15) is 11.6 Å². The molecule has 1 fully saturated rings. The number of anilines is 3. The van der Waals surface area contributed by atoms with Gasteiger partial charge in [0.2, 0.25) is 5.95 Å². The second kappa shape index (κ2) is 7.68. The third kappa shape index (κ3) is 3.69. The Morgan fingerprint density at radius 1 is 1.07 bits per heavy atom. The van der Waals surface area contributed by atoms with Crippen molar-refractivity contribution >= 4 is 17.5 Å². The van der Waals surface area contributed by atoms with Crippen molar-refractivity contribution in [1.29, 1.82) is 0 Å². The van der Waals surface area contributed by atoms with Gasteiger partial charge in [-0.3, -0.25) is 0 Å². The van der Waals surface area contributed by atoms with Crippen LogP contribution < -0.4 is 20.0 Å². The molecule has 2 aromatic rings. The van der Waals surface area contributed by atoms with E-state index in [2.05, 4.69) is 34.0 Å². The average molecular weight is 370 g/mol. The molecule has 3 heterocycles. The summed E-state index contributed by atoms with van der Waals surface area (Å²) < 4.78 is 13.2. The van der Waals surface area contributed by atoms with Crippen LogP contribution in [-0.4, -0.2) is 56.3 Å². The largest absolute Gasteiger partial charge is 0.368 e. The van der Waals surface area contributed by atoms with Crippen molar-refractivity contribution in [1.82, 2.24) is 15.3 Å². The Bertz CT molecular complexity index is 786. The molecule has 7 heteroatoms. The first-order chi connectivity index (χ1) is 13.2. The zero-order valence-electron chi connectivity index (χ0n) is 16.1. The Morgan fingerprint density at radius 3 is 2.48 bits per heavy atom. The van der Waals surface area contributed by atoms with Crippen LogP contribution in [0.15, 0.2) is 24.3 Å². The molecule has 1 aromatic carbocycles. The minimum Gasteiger partial charge on any atom is -0.368 e. The number of hydrogen-bond acceptors (Lipinski definition) is 6. The van der Waals surface area contributed by atoms with Crippen LogP contribution in [0.3, 0.4) is 0 Å². The van der Waals surface area contributed by atoms with Crippen LogP contribution in [-0.2, 0) is 13.0 Å². The minimum atomic E-state index is -0.193. The van der Waals surface area contributed by atoms with Gasteiger partial charge in [-0.25, -0.2) is 9.37 Å². The molecule has 1 N–H and O–H groups in total. The quantitative estimate of drug-likeness (QED) is 0.889. The normalized spacial score (nSPS) is 17.0. The molecule has 1 aromatic heterocycles. The van der Waals surface area contributed by atoms with Crippen molar-refractivity contribution in [2.45, 2.75) is 19.9 Å². The van der Waals surface area contributed by atoms with Crippen molar-refractivity contribution < 1.29 is 4.39 Å². The predicted molar refractivity (Wildman–Crippen MR) is 107 cm³/mol. The number of aromatic nitrogens is 2.